The molecule has 21 heavy (non-hydrogen) atoms. The summed E-state index contributed by atoms with van der Waals surface area (Å²) < 4.78 is 10.4. The minimum atomic E-state index is 0.522. The third-order valence-electron chi connectivity index (χ3n) is 3.70. The average Bonchev–Trinajstić information content (AvgIpc) is 2.52. The van der Waals surface area contributed by atoms with Gasteiger partial charge in [0.25, 0.3) is 0 Å². The van der Waals surface area contributed by atoms with Crippen LogP contribution >= 0.6 is 0 Å². The Morgan fingerprint density at radius 2 is 1.95 bits per heavy atom. The van der Waals surface area contributed by atoms with Crippen LogP contribution in [0, 0.1) is 5.92 Å². The molecule has 1 fully saturated rings. The molecule has 2 rings (SSSR count). The van der Waals surface area contributed by atoms with Gasteiger partial charge in [-0.25, -0.2) is 0 Å². The van der Waals surface area contributed by atoms with Crippen LogP contribution in [0.5, 0.6) is 11.8 Å². The Morgan fingerprint density at radius 1 is 1.29 bits per heavy atom. The third kappa shape index (κ3) is 4.46. The van der Waals surface area contributed by atoms with Gasteiger partial charge in [0.05, 0.1) is 20.3 Å². The molecule has 1 aromatic rings. The maximum atomic E-state index is 5.22. The van der Waals surface area contributed by atoms with E-state index in [9.17, 15) is 0 Å². The van der Waals surface area contributed by atoms with Crippen molar-refractivity contribution >= 4 is 5.95 Å². The van der Waals surface area contributed by atoms with Crippen LogP contribution in [0.1, 0.15) is 26.7 Å². The van der Waals surface area contributed by atoms with Crippen LogP contribution in [0.4, 0.5) is 5.95 Å². The van der Waals surface area contributed by atoms with Gasteiger partial charge in [-0.15, -0.1) is 0 Å². The molecule has 6 nitrogen and oxygen atoms in total. The maximum Gasteiger partial charge on any atom is 0.231 e. The van der Waals surface area contributed by atoms with Gasteiger partial charge >= 0.3 is 0 Å². The van der Waals surface area contributed by atoms with Gasteiger partial charge in [-0.3, -0.25) is 0 Å². The lowest BCUT2D eigenvalue weighted by Gasteiger charge is -2.33. The van der Waals surface area contributed by atoms with E-state index in [4.69, 9.17) is 9.47 Å². The molecule has 1 aromatic heterocycles. The molecule has 1 atom stereocenters. The van der Waals surface area contributed by atoms with E-state index in [1.165, 1.54) is 6.42 Å². The van der Waals surface area contributed by atoms with E-state index in [0.717, 1.165) is 26.1 Å². The van der Waals surface area contributed by atoms with E-state index in [1.807, 2.05) is 0 Å². The van der Waals surface area contributed by atoms with Gasteiger partial charge in [0.1, 0.15) is 0 Å². The summed E-state index contributed by atoms with van der Waals surface area (Å²) in [6.45, 7) is 7.34. The molecule has 0 bridgehead atoms. The number of methoxy groups -OCH3 is 2. The van der Waals surface area contributed by atoms with Crippen LogP contribution in [0.3, 0.4) is 0 Å². The average molecular weight is 294 g/mol. The van der Waals surface area contributed by atoms with Crippen molar-refractivity contribution in [1.82, 2.24) is 15.3 Å². The normalized spacial score (nSPS) is 18.9. The molecule has 1 aliphatic heterocycles. The van der Waals surface area contributed by atoms with Gasteiger partial charge < -0.3 is 19.7 Å². The number of hydrogen-bond donors (Lipinski definition) is 1. The second-order valence-electron chi connectivity index (χ2n) is 5.77. The zero-order chi connectivity index (χ0) is 15.2. The molecule has 0 amide bonds. The van der Waals surface area contributed by atoms with Gasteiger partial charge in [-0.05, 0) is 25.3 Å². The maximum absolute atomic E-state index is 5.22. The topological polar surface area (TPSA) is 59.5 Å². The Morgan fingerprint density at radius 3 is 2.52 bits per heavy atom. The highest BCUT2D eigenvalue weighted by Crippen LogP contribution is 2.24. The van der Waals surface area contributed by atoms with Crippen LogP contribution in [-0.2, 0) is 0 Å². The summed E-state index contributed by atoms with van der Waals surface area (Å²) in [5.74, 6) is 2.40. The van der Waals surface area contributed by atoms with Crippen molar-refractivity contribution in [2.45, 2.75) is 32.7 Å². The summed E-state index contributed by atoms with van der Waals surface area (Å²) in [7, 11) is 3.22. The predicted octanol–water partition coefficient (Wildman–Crippen LogP) is 1.71. The molecule has 2 heterocycles. The van der Waals surface area contributed by atoms with Crippen LogP contribution < -0.4 is 19.7 Å². The molecule has 0 saturated carbocycles. The highest BCUT2D eigenvalue weighted by atomic mass is 16.5. The zero-order valence-electron chi connectivity index (χ0n) is 13.4. The standard InChI is InChI=1S/C15H26N4O2/c1-11(2)16-9-12-6-5-7-19(10-12)15-17-13(20-3)8-14(18-15)21-4/h8,11-12,16H,5-7,9-10H2,1-4H3. The largest absolute Gasteiger partial charge is 0.481 e. The first-order valence-corrected chi connectivity index (χ1v) is 7.57. The Bertz CT molecular complexity index is 431. The summed E-state index contributed by atoms with van der Waals surface area (Å²) in [6.07, 6.45) is 2.41. The van der Waals surface area contributed by atoms with Gasteiger partial charge in [0, 0.05) is 19.1 Å². The summed E-state index contributed by atoms with van der Waals surface area (Å²) >= 11 is 0. The van der Waals surface area contributed by atoms with E-state index >= 15 is 0 Å². The van der Waals surface area contributed by atoms with Crippen molar-refractivity contribution in [3.05, 3.63) is 6.07 Å². The molecule has 1 aliphatic rings. The minimum Gasteiger partial charge on any atom is -0.481 e. The molecule has 0 aromatic carbocycles. The smallest absolute Gasteiger partial charge is 0.231 e. The first kappa shape index (κ1) is 15.8. The molecule has 118 valence electrons. The number of rotatable bonds is 6. The molecule has 0 radical (unpaired) electrons. The Hall–Kier alpha value is -1.56. The lowest BCUT2D eigenvalue weighted by molar-refractivity contribution is 0.360. The fourth-order valence-corrected chi connectivity index (χ4v) is 2.56. The van der Waals surface area contributed by atoms with Gasteiger partial charge in [0.15, 0.2) is 0 Å². The minimum absolute atomic E-state index is 0.522. The molecule has 1 N–H and O–H groups in total. The van der Waals surface area contributed by atoms with E-state index in [-0.39, 0.29) is 0 Å². The number of anilines is 1. The van der Waals surface area contributed by atoms with Gasteiger partial charge in [0.2, 0.25) is 17.7 Å². The molecule has 0 aliphatic carbocycles. The second kappa shape index (κ2) is 7.45. The monoisotopic (exact) mass is 294 g/mol. The highest BCUT2D eigenvalue weighted by molar-refractivity contribution is 5.37. The Kier molecular flexibility index (Phi) is 5.61. The summed E-state index contributed by atoms with van der Waals surface area (Å²) in [5, 5.41) is 3.52. The lowest BCUT2D eigenvalue weighted by atomic mass is 9.98. The molecular formula is C15H26N4O2. The highest BCUT2D eigenvalue weighted by Gasteiger charge is 2.22. The zero-order valence-corrected chi connectivity index (χ0v) is 13.4. The Labute approximate surface area is 126 Å². The molecule has 1 unspecified atom stereocenters. The summed E-state index contributed by atoms with van der Waals surface area (Å²) in [4.78, 5) is 11.1. The lowest BCUT2D eigenvalue weighted by Crippen LogP contribution is -2.41. The van der Waals surface area contributed by atoms with Crippen molar-refractivity contribution in [3.8, 4) is 11.8 Å². The second-order valence-corrected chi connectivity index (χ2v) is 5.77. The van der Waals surface area contributed by atoms with Gasteiger partial charge in [-0.1, -0.05) is 13.8 Å². The van der Waals surface area contributed by atoms with Crippen LogP contribution in [0.25, 0.3) is 0 Å². The SMILES string of the molecule is COc1cc(OC)nc(N2CCCC(CNC(C)C)C2)n1. The van der Waals surface area contributed by atoms with Crippen molar-refractivity contribution in [2.75, 3.05) is 38.8 Å². The molecule has 6 heteroatoms. The summed E-state index contributed by atoms with van der Waals surface area (Å²) in [5.41, 5.74) is 0. The quantitative estimate of drug-likeness (QED) is 0.862. The van der Waals surface area contributed by atoms with E-state index < -0.39 is 0 Å². The van der Waals surface area contributed by atoms with Crippen molar-refractivity contribution in [1.29, 1.82) is 0 Å². The number of nitrogens with zero attached hydrogens (tertiary/aromatic N) is 3. The predicted molar refractivity (Wildman–Crippen MR) is 83.2 cm³/mol. The molecule has 0 spiro atoms. The van der Waals surface area contributed by atoms with Crippen LogP contribution in [0.2, 0.25) is 0 Å². The summed E-state index contributed by atoms with van der Waals surface area (Å²) in [6, 6.07) is 2.22. The van der Waals surface area contributed by atoms with Crippen LogP contribution in [0.15, 0.2) is 6.07 Å². The van der Waals surface area contributed by atoms with Crippen molar-refractivity contribution in [3.63, 3.8) is 0 Å². The Balaban J connectivity index is 2.06. The number of ether oxygens (including phenoxy) is 2. The number of hydrogen-bond acceptors (Lipinski definition) is 6. The molecule has 1 saturated heterocycles. The van der Waals surface area contributed by atoms with Crippen LogP contribution in [-0.4, -0.2) is 49.9 Å². The van der Waals surface area contributed by atoms with Crippen molar-refractivity contribution in [2.24, 2.45) is 5.92 Å². The van der Waals surface area contributed by atoms with Crippen molar-refractivity contribution < 1.29 is 9.47 Å². The number of nitrogens with one attached hydrogen (secondary N) is 1. The van der Waals surface area contributed by atoms with E-state index in [2.05, 4.69) is 34.0 Å². The molecular weight excluding hydrogens is 268 g/mol. The first-order valence-electron chi connectivity index (χ1n) is 7.57. The first-order chi connectivity index (χ1) is 10.1. The van der Waals surface area contributed by atoms with E-state index in [0.29, 0.717) is 29.7 Å². The van der Waals surface area contributed by atoms with E-state index in [1.54, 1.807) is 20.3 Å². The fraction of sp³-hybridized carbons (Fsp3) is 0.733. The van der Waals surface area contributed by atoms with Gasteiger partial charge in [-0.2, -0.15) is 9.97 Å². The number of aromatic nitrogens is 2. The third-order valence-corrected chi connectivity index (χ3v) is 3.70. The number of piperidine rings is 1. The fourth-order valence-electron chi connectivity index (χ4n) is 2.56.